The molecule has 7 nitrogen and oxygen atoms in total. The molecule has 1 atom stereocenters. The first-order chi connectivity index (χ1) is 10.0. The Kier molecular flexibility index (Phi) is 4.52. The van der Waals surface area contributed by atoms with Gasteiger partial charge in [-0.1, -0.05) is 6.07 Å². The molecule has 0 spiro atoms. The normalized spacial score (nSPS) is 17.4. The lowest BCUT2D eigenvalue weighted by atomic mass is 10.2. The first-order valence-corrected chi connectivity index (χ1v) is 6.58. The summed E-state index contributed by atoms with van der Waals surface area (Å²) in [4.78, 5) is 26.3. The quantitative estimate of drug-likeness (QED) is 0.908. The zero-order valence-corrected chi connectivity index (χ0v) is 12.3. The number of benzene rings is 1. The van der Waals surface area contributed by atoms with Crippen molar-refractivity contribution >= 4 is 17.8 Å². The second kappa shape index (κ2) is 6.34. The number of ether oxygens (including phenoxy) is 2. The van der Waals surface area contributed by atoms with Crippen LogP contribution < -0.4 is 15.0 Å². The third-order valence-corrected chi connectivity index (χ3v) is 3.13. The Morgan fingerprint density at radius 1 is 1.52 bits per heavy atom. The van der Waals surface area contributed by atoms with Crippen LogP contribution >= 0.6 is 0 Å². The number of carbonyl (C=O) groups is 2. The molecule has 1 unspecified atom stereocenters. The van der Waals surface area contributed by atoms with Gasteiger partial charge in [-0.2, -0.15) is 0 Å². The molecule has 21 heavy (non-hydrogen) atoms. The molecule has 0 aliphatic carbocycles. The van der Waals surface area contributed by atoms with Crippen molar-refractivity contribution in [3.8, 4) is 5.75 Å². The molecule has 1 N–H and O–H groups in total. The topological polar surface area (TPSA) is 71.1 Å². The lowest BCUT2D eigenvalue weighted by molar-refractivity contribution is 0.139. The van der Waals surface area contributed by atoms with Crippen LogP contribution in [0.3, 0.4) is 0 Å². The maximum atomic E-state index is 11.9. The maximum absolute atomic E-state index is 11.9. The minimum atomic E-state index is -0.424. The third-order valence-electron chi connectivity index (χ3n) is 3.13. The van der Waals surface area contributed by atoms with Gasteiger partial charge in [-0.25, -0.2) is 9.59 Å². The van der Waals surface area contributed by atoms with Gasteiger partial charge in [0.2, 0.25) is 0 Å². The molecule has 0 saturated carbocycles. The Morgan fingerprint density at radius 2 is 2.29 bits per heavy atom. The van der Waals surface area contributed by atoms with Crippen molar-refractivity contribution in [2.75, 3.05) is 39.2 Å². The van der Waals surface area contributed by atoms with E-state index in [9.17, 15) is 9.59 Å². The Hall–Kier alpha value is -2.44. The molecule has 1 saturated heterocycles. The molecule has 1 aromatic carbocycles. The maximum Gasteiger partial charge on any atom is 0.414 e. The van der Waals surface area contributed by atoms with Crippen molar-refractivity contribution in [1.82, 2.24) is 10.2 Å². The summed E-state index contributed by atoms with van der Waals surface area (Å²) in [7, 11) is 4.87. The summed E-state index contributed by atoms with van der Waals surface area (Å²) >= 11 is 0. The van der Waals surface area contributed by atoms with Gasteiger partial charge in [-0.05, 0) is 12.1 Å². The molecule has 2 rings (SSSR count). The van der Waals surface area contributed by atoms with Crippen LogP contribution in [0.5, 0.6) is 5.75 Å². The van der Waals surface area contributed by atoms with Gasteiger partial charge in [0.1, 0.15) is 11.9 Å². The number of hydrogen-bond donors (Lipinski definition) is 1. The van der Waals surface area contributed by atoms with Crippen LogP contribution in [0.25, 0.3) is 0 Å². The number of hydrogen-bond acceptors (Lipinski definition) is 4. The second-order valence-corrected chi connectivity index (χ2v) is 4.90. The molecule has 1 aliphatic rings. The van der Waals surface area contributed by atoms with Crippen molar-refractivity contribution < 1.29 is 19.1 Å². The molecule has 0 bridgehead atoms. The highest BCUT2D eigenvalue weighted by atomic mass is 16.6. The Balaban J connectivity index is 1.97. The number of amides is 3. The summed E-state index contributed by atoms with van der Waals surface area (Å²) in [6.45, 7) is 0.670. The van der Waals surface area contributed by atoms with Crippen molar-refractivity contribution in [2.45, 2.75) is 6.10 Å². The highest BCUT2D eigenvalue weighted by molar-refractivity contribution is 5.90. The van der Waals surface area contributed by atoms with E-state index in [1.54, 1.807) is 33.3 Å². The molecular formula is C14H19N3O4. The first kappa shape index (κ1) is 15.0. The average molecular weight is 293 g/mol. The largest absolute Gasteiger partial charge is 0.497 e. The minimum absolute atomic E-state index is 0.217. The molecular weight excluding hydrogens is 274 g/mol. The van der Waals surface area contributed by atoms with E-state index < -0.39 is 6.09 Å². The predicted molar refractivity (Wildman–Crippen MR) is 77.7 cm³/mol. The Bertz CT molecular complexity index is 533. The van der Waals surface area contributed by atoms with Crippen LogP contribution in [0, 0.1) is 0 Å². The van der Waals surface area contributed by atoms with Gasteiger partial charge < -0.3 is 19.7 Å². The van der Waals surface area contributed by atoms with E-state index in [0.717, 1.165) is 0 Å². The van der Waals surface area contributed by atoms with E-state index in [4.69, 9.17) is 9.47 Å². The van der Waals surface area contributed by atoms with Gasteiger partial charge in [0.05, 0.1) is 25.9 Å². The smallest absolute Gasteiger partial charge is 0.414 e. The summed E-state index contributed by atoms with van der Waals surface area (Å²) in [6, 6.07) is 6.97. The summed E-state index contributed by atoms with van der Waals surface area (Å²) in [5.74, 6) is 0.671. The average Bonchev–Trinajstić information content (AvgIpc) is 2.85. The Labute approximate surface area is 123 Å². The predicted octanol–water partition coefficient (Wildman–Crippen LogP) is 1.29. The molecule has 1 fully saturated rings. The van der Waals surface area contributed by atoms with Crippen LogP contribution in [0.15, 0.2) is 24.3 Å². The van der Waals surface area contributed by atoms with Crippen molar-refractivity contribution in [2.24, 2.45) is 0 Å². The fourth-order valence-corrected chi connectivity index (χ4v) is 1.98. The highest BCUT2D eigenvalue weighted by Crippen LogP contribution is 2.25. The van der Waals surface area contributed by atoms with Crippen LogP contribution in [0.2, 0.25) is 0 Å². The fourth-order valence-electron chi connectivity index (χ4n) is 1.98. The van der Waals surface area contributed by atoms with Crippen molar-refractivity contribution in [1.29, 1.82) is 0 Å². The van der Waals surface area contributed by atoms with Gasteiger partial charge in [0.15, 0.2) is 0 Å². The van der Waals surface area contributed by atoms with E-state index in [1.165, 1.54) is 9.80 Å². The number of cyclic esters (lactones) is 1. The SMILES string of the molecule is COc1cccc(N2CC(CNC(=O)N(C)C)OC2=O)c1. The fraction of sp³-hybridized carbons (Fsp3) is 0.429. The van der Waals surface area contributed by atoms with Gasteiger partial charge in [0, 0.05) is 20.2 Å². The van der Waals surface area contributed by atoms with Gasteiger partial charge in [-0.3, -0.25) is 4.90 Å². The van der Waals surface area contributed by atoms with E-state index in [0.29, 0.717) is 18.0 Å². The first-order valence-electron chi connectivity index (χ1n) is 6.58. The van der Waals surface area contributed by atoms with Crippen LogP contribution in [-0.4, -0.2) is 57.4 Å². The minimum Gasteiger partial charge on any atom is -0.497 e. The van der Waals surface area contributed by atoms with E-state index in [-0.39, 0.29) is 18.7 Å². The number of nitrogens with zero attached hydrogens (tertiary/aromatic N) is 2. The lowest BCUT2D eigenvalue weighted by Gasteiger charge is -2.15. The molecule has 1 aliphatic heterocycles. The number of rotatable bonds is 4. The number of anilines is 1. The number of methoxy groups -OCH3 is 1. The number of urea groups is 1. The van der Waals surface area contributed by atoms with Crippen LogP contribution in [0.1, 0.15) is 0 Å². The van der Waals surface area contributed by atoms with Crippen molar-refractivity contribution in [3.05, 3.63) is 24.3 Å². The number of carbonyl (C=O) groups excluding carboxylic acids is 2. The van der Waals surface area contributed by atoms with Crippen molar-refractivity contribution in [3.63, 3.8) is 0 Å². The lowest BCUT2D eigenvalue weighted by Crippen LogP contribution is -2.40. The number of nitrogens with one attached hydrogen (secondary N) is 1. The molecule has 0 radical (unpaired) electrons. The van der Waals surface area contributed by atoms with Gasteiger partial charge in [-0.15, -0.1) is 0 Å². The summed E-state index contributed by atoms with van der Waals surface area (Å²) < 4.78 is 10.4. The molecule has 114 valence electrons. The summed E-state index contributed by atoms with van der Waals surface area (Å²) in [6.07, 6.45) is -0.792. The molecule has 3 amide bonds. The standard InChI is InChI=1S/C14H19N3O4/c1-16(2)13(18)15-8-12-9-17(14(19)21-12)10-5-4-6-11(7-10)20-3/h4-7,12H,8-9H2,1-3H3,(H,15,18). The van der Waals surface area contributed by atoms with E-state index >= 15 is 0 Å². The van der Waals surface area contributed by atoms with Crippen LogP contribution in [0.4, 0.5) is 15.3 Å². The second-order valence-electron chi connectivity index (χ2n) is 4.90. The van der Waals surface area contributed by atoms with E-state index in [1.807, 2.05) is 12.1 Å². The summed E-state index contributed by atoms with van der Waals surface area (Å²) in [5.41, 5.74) is 0.709. The van der Waals surface area contributed by atoms with Crippen LogP contribution in [-0.2, 0) is 4.74 Å². The van der Waals surface area contributed by atoms with Gasteiger partial charge >= 0.3 is 12.1 Å². The highest BCUT2D eigenvalue weighted by Gasteiger charge is 2.32. The molecule has 1 heterocycles. The monoisotopic (exact) mass is 293 g/mol. The molecule has 7 heteroatoms. The van der Waals surface area contributed by atoms with Gasteiger partial charge in [0.25, 0.3) is 0 Å². The zero-order valence-electron chi connectivity index (χ0n) is 12.3. The zero-order chi connectivity index (χ0) is 15.4. The Morgan fingerprint density at radius 3 is 2.95 bits per heavy atom. The molecule has 1 aromatic rings. The van der Waals surface area contributed by atoms with E-state index in [2.05, 4.69) is 5.32 Å². The third kappa shape index (κ3) is 3.56. The summed E-state index contributed by atoms with van der Waals surface area (Å²) in [5, 5.41) is 2.70. The molecule has 0 aromatic heterocycles.